The van der Waals surface area contributed by atoms with E-state index in [1.165, 1.54) is 11.1 Å². The molecule has 30 heavy (non-hydrogen) atoms. The molecule has 0 fully saturated rings. The molecule has 0 saturated heterocycles. The molecule has 0 aromatic heterocycles. The molecule has 0 amide bonds. The number of hydrogen-bond acceptors (Lipinski definition) is 4. The van der Waals surface area contributed by atoms with Crippen LogP contribution in [-0.4, -0.2) is 78.3 Å². The molecule has 3 N–H and O–H groups in total. The maximum absolute atomic E-state index is 10.5. The maximum atomic E-state index is 10.5. The van der Waals surface area contributed by atoms with Crippen LogP contribution in [0.4, 0.5) is 0 Å². The smallest absolute Gasteiger partial charge is 0.191 e. The number of rotatable bonds is 11. The van der Waals surface area contributed by atoms with Crippen molar-refractivity contribution < 1.29 is 5.11 Å². The van der Waals surface area contributed by atoms with Crippen molar-refractivity contribution in [2.24, 2.45) is 4.99 Å². The van der Waals surface area contributed by atoms with Crippen LogP contribution < -0.4 is 10.6 Å². The minimum atomic E-state index is -0.455. The van der Waals surface area contributed by atoms with Crippen LogP contribution >= 0.6 is 0 Å². The summed E-state index contributed by atoms with van der Waals surface area (Å²) in [5, 5.41) is 17.2. The normalized spacial score (nSPS) is 16.2. The van der Waals surface area contributed by atoms with E-state index in [1.807, 2.05) is 0 Å². The molecule has 6 nitrogen and oxygen atoms in total. The molecule has 0 aliphatic carbocycles. The zero-order valence-corrected chi connectivity index (χ0v) is 19.7. The summed E-state index contributed by atoms with van der Waals surface area (Å²) in [7, 11) is 0. The zero-order chi connectivity index (χ0) is 21.9. The van der Waals surface area contributed by atoms with Crippen molar-refractivity contribution in [1.29, 1.82) is 0 Å². The zero-order valence-electron chi connectivity index (χ0n) is 19.7. The highest BCUT2D eigenvalue weighted by Crippen LogP contribution is 2.18. The average molecular weight is 418 g/mol. The predicted octanol–water partition coefficient (Wildman–Crippen LogP) is 2.47. The molecule has 6 heteroatoms. The largest absolute Gasteiger partial charge is 0.390 e. The van der Waals surface area contributed by atoms with E-state index in [0.29, 0.717) is 25.2 Å². The van der Waals surface area contributed by atoms with Gasteiger partial charge in [0.05, 0.1) is 12.6 Å². The van der Waals surface area contributed by atoms with Gasteiger partial charge in [0.15, 0.2) is 5.96 Å². The Bertz CT molecular complexity index is 638. The van der Waals surface area contributed by atoms with Crippen molar-refractivity contribution in [3.05, 3.63) is 35.4 Å². The first kappa shape index (κ1) is 24.6. The Labute approximate surface area is 183 Å². The van der Waals surface area contributed by atoms with Crippen molar-refractivity contribution >= 4 is 5.96 Å². The molecule has 1 aliphatic rings. The summed E-state index contributed by atoms with van der Waals surface area (Å²) < 4.78 is 0. The van der Waals surface area contributed by atoms with Gasteiger partial charge >= 0.3 is 0 Å². The number of aliphatic imine (C=N–C) groups is 1. The summed E-state index contributed by atoms with van der Waals surface area (Å²) in [5.74, 6) is 0.793. The standard InChI is InChI=1S/C24H43N5O/c1-6-25-24(26-13-9-14-29(19(2)3)20(4)5)27-16-23(30)18-28-15-12-21-10-7-8-11-22(21)17-28/h7-8,10-11,19-20,23,30H,6,9,12-18H2,1-5H3,(H2,25,26,27). The summed E-state index contributed by atoms with van der Waals surface area (Å²) >= 11 is 0. The Morgan fingerprint density at radius 3 is 2.50 bits per heavy atom. The highest BCUT2D eigenvalue weighted by atomic mass is 16.3. The number of hydrogen-bond donors (Lipinski definition) is 3. The Hall–Kier alpha value is -1.63. The van der Waals surface area contributed by atoms with E-state index in [0.717, 1.165) is 51.5 Å². The maximum Gasteiger partial charge on any atom is 0.191 e. The molecule has 1 unspecified atom stereocenters. The fourth-order valence-electron chi connectivity index (χ4n) is 4.19. The van der Waals surface area contributed by atoms with Gasteiger partial charge in [-0.15, -0.1) is 0 Å². The number of fused-ring (bicyclic) bond motifs is 1. The molecular weight excluding hydrogens is 374 g/mol. The van der Waals surface area contributed by atoms with E-state index in [-0.39, 0.29) is 0 Å². The van der Waals surface area contributed by atoms with Gasteiger partial charge < -0.3 is 15.7 Å². The molecule has 1 aromatic carbocycles. The topological polar surface area (TPSA) is 63.1 Å². The number of aliphatic hydroxyl groups excluding tert-OH is 1. The third-order valence-electron chi connectivity index (χ3n) is 5.70. The van der Waals surface area contributed by atoms with Crippen molar-refractivity contribution in [3.63, 3.8) is 0 Å². The van der Waals surface area contributed by atoms with Crippen LogP contribution in [0.3, 0.4) is 0 Å². The van der Waals surface area contributed by atoms with Gasteiger partial charge in [0, 0.05) is 51.4 Å². The quantitative estimate of drug-likeness (QED) is 0.293. The molecule has 0 spiro atoms. The van der Waals surface area contributed by atoms with Gasteiger partial charge in [0.25, 0.3) is 0 Å². The fourth-order valence-corrected chi connectivity index (χ4v) is 4.19. The monoisotopic (exact) mass is 417 g/mol. The number of benzene rings is 1. The lowest BCUT2D eigenvalue weighted by Crippen LogP contribution is -2.42. The highest BCUT2D eigenvalue weighted by Gasteiger charge is 2.18. The van der Waals surface area contributed by atoms with Gasteiger partial charge in [-0.1, -0.05) is 24.3 Å². The number of nitrogens with zero attached hydrogens (tertiary/aromatic N) is 3. The second-order valence-corrected chi connectivity index (χ2v) is 8.83. The van der Waals surface area contributed by atoms with Crippen LogP contribution in [0.15, 0.2) is 29.3 Å². The van der Waals surface area contributed by atoms with Gasteiger partial charge in [0.1, 0.15) is 0 Å². The van der Waals surface area contributed by atoms with E-state index in [9.17, 15) is 5.11 Å². The second-order valence-electron chi connectivity index (χ2n) is 8.83. The molecule has 0 saturated carbocycles. The molecule has 1 atom stereocenters. The Morgan fingerprint density at radius 1 is 1.13 bits per heavy atom. The van der Waals surface area contributed by atoms with E-state index < -0.39 is 6.10 Å². The molecule has 1 heterocycles. The van der Waals surface area contributed by atoms with Gasteiger partial charge in [0.2, 0.25) is 0 Å². The first-order valence-electron chi connectivity index (χ1n) is 11.7. The van der Waals surface area contributed by atoms with Gasteiger partial charge in [-0.25, -0.2) is 0 Å². The lowest BCUT2D eigenvalue weighted by Gasteiger charge is -2.30. The lowest BCUT2D eigenvalue weighted by atomic mass is 10.00. The summed E-state index contributed by atoms with van der Waals surface area (Å²) in [6.45, 7) is 16.8. The van der Waals surface area contributed by atoms with E-state index in [2.05, 4.69) is 84.3 Å². The molecule has 1 aromatic rings. The Kier molecular flexibility index (Phi) is 10.6. The van der Waals surface area contributed by atoms with Crippen LogP contribution in [-0.2, 0) is 13.0 Å². The molecule has 0 bridgehead atoms. The lowest BCUT2D eigenvalue weighted by molar-refractivity contribution is 0.111. The van der Waals surface area contributed by atoms with Crippen LogP contribution in [0.2, 0.25) is 0 Å². The van der Waals surface area contributed by atoms with Crippen molar-refractivity contribution in [1.82, 2.24) is 20.4 Å². The average Bonchev–Trinajstić information content (AvgIpc) is 2.71. The summed E-state index contributed by atoms with van der Waals surface area (Å²) in [6, 6.07) is 9.73. The summed E-state index contributed by atoms with van der Waals surface area (Å²) in [6.07, 6.45) is 1.67. The van der Waals surface area contributed by atoms with Gasteiger partial charge in [-0.3, -0.25) is 14.8 Å². The van der Waals surface area contributed by atoms with Gasteiger partial charge in [-0.2, -0.15) is 0 Å². The first-order valence-corrected chi connectivity index (χ1v) is 11.7. The molecule has 0 radical (unpaired) electrons. The van der Waals surface area contributed by atoms with E-state index in [4.69, 9.17) is 0 Å². The minimum Gasteiger partial charge on any atom is -0.390 e. The Balaban J connectivity index is 1.75. The Morgan fingerprint density at radius 2 is 1.83 bits per heavy atom. The van der Waals surface area contributed by atoms with Gasteiger partial charge in [-0.05, 0) is 58.6 Å². The third kappa shape index (κ3) is 8.25. The summed E-state index contributed by atoms with van der Waals surface area (Å²) in [4.78, 5) is 9.45. The molecular formula is C24H43N5O. The predicted molar refractivity (Wildman–Crippen MR) is 127 cm³/mol. The van der Waals surface area contributed by atoms with Crippen molar-refractivity contribution in [3.8, 4) is 0 Å². The second kappa shape index (κ2) is 12.9. The molecule has 170 valence electrons. The van der Waals surface area contributed by atoms with Crippen LogP contribution in [0, 0.1) is 0 Å². The van der Waals surface area contributed by atoms with Crippen LogP contribution in [0.1, 0.15) is 52.2 Å². The number of nitrogens with one attached hydrogen (secondary N) is 2. The SMILES string of the molecule is CCNC(=NCC(O)CN1CCc2ccccc2C1)NCCCN(C(C)C)C(C)C. The molecule has 1 aliphatic heterocycles. The summed E-state index contributed by atoms with van der Waals surface area (Å²) in [5.41, 5.74) is 2.82. The van der Waals surface area contributed by atoms with Crippen molar-refractivity contribution in [2.45, 2.75) is 72.2 Å². The van der Waals surface area contributed by atoms with Crippen LogP contribution in [0.25, 0.3) is 0 Å². The highest BCUT2D eigenvalue weighted by molar-refractivity contribution is 5.79. The van der Waals surface area contributed by atoms with Crippen molar-refractivity contribution in [2.75, 3.05) is 39.3 Å². The van der Waals surface area contributed by atoms with Crippen LogP contribution in [0.5, 0.6) is 0 Å². The van der Waals surface area contributed by atoms with E-state index >= 15 is 0 Å². The number of aliphatic hydroxyl groups is 1. The fraction of sp³-hybridized carbons (Fsp3) is 0.708. The minimum absolute atomic E-state index is 0.414. The van der Waals surface area contributed by atoms with E-state index in [1.54, 1.807) is 0 Å². The molecule has 2 rings (SSSR count). The number of β-amino-alcohol motifs (C(OH)–C–C–N with tert-alkyl or cyclic N) is 1. The first-order chi connectivity index (χ1) is 14.4. The number of guanidine groups is 1. The third-order valence-corrected chi connectivity index (χ3v) is 5.70.